The van der Waals surface area contributed by atoms with Crippen molar-refractivity contribution in [3.8, 4) is 0 Å². The Morgan fingerprint density at radius 1 is 1.62 bits per heavy atom. The summed E-state index contributed by atoms with van der Waals surface area (Å²) in [6, 6.07) is 0. The van der Waals surface area contributed by atoms with Crippen molar-refractivity contribution in [1.82, 2.24) is 4.90 Å². The molecule has 1 aliphatic heterocycles. The van der Waals surface area contributed by atoms with E-state index in [1.165, 1.54) is 0 Å². The zero-order valence-electron chi connectivity index (χ0n) is 8.71. The van der Waals surface area contributed by atoms with Crippen LogP contribution in [0.5, 0.6) is 0 Å². The molecule has 1 unspecified atom stereocenters. The Hall–Kier alpha value is -0.570. The van der Waals surface area contributed by atoms with Crippen LogP contribution in [0.1, 0.15) is 33.6 Å². The lowest BCUT2D eigenvalue weighted by Gasteiger charge is -2.21. The van der Waals surface area contributed by atoms with Gasteiger partial charge in [0.15, 0.2) is 0 Å². The third-order valence-electron chi connectivity index (χ3n) is 2.36. The maximum absolute atomic E-state index is 11.6. The van der Waals surface area contributed by atoms with Crippen molar-refractivity contribution in [3.05, 3.63) is 0 Å². The number of aliphatic hydroxyl groups is 1. The van der Waals surface area contributed by atoms with Crippen LogP contribution in [0.25, 0.3) is 0 Å². The molecule has 0 aromatic rings. The van der Waals surface area contributed by atoms with Crippen LogP contribution in [0.4, 0.5) is 0 Å². The first-order valence-corrected chi connectivity index (χ1v) is 4.88. The molecule has 76 valence electrons. The molecule has 3 nitrogen and oxygen atoms in total. The van der Waals surface area contributed by atoms with E-state index in [0.29, 0.717) is 5.92 Å². The summed E-state index contributed by atoms with van der Waals surface area (Å²) in [7, 11) is 0. The van der Waals surface area contributed by atoms with Crippen LogP contribution in [-0.2, 0) is 4.79 Å². The zero-order chi connectivity index (χ0) is 10.1. The number of carbonyl (C=O) groups is 1. The molecule has 1 atom stereocenters. The Morgan fingerprint density at radius 2 is 2.23 bits per heavy atom. The molecule has 1 aliphatic rings. The topological polar surface area (TPSA) is 40.5 Å². The highest BCUT2D eigenvalue weighted by Crippen LogP contribution is 2.18. The number of carbonyl (C=O) groups excluding carboxylic acids is 1. The second-order valence-electron chi connectivity index (χ2n) is 4.72. The lowest BCUT2D eigenvalue weighted by molar-refractivity contribution is -0.134. The van der Waals surface area contributed by atoms with Crippen LogP contribution in [0.15, 0.2) is 0 Å². The van der Waals surface area contributed by atoms with Gasteiger partial charge in [-0.15, -0.1) is 0 Å². The Labute approximate surface area is 79.7 Å². The smallest absolute Gasteiger partial charge is 0.225 e. The second kappa shape index (κ2) is 3.66. The molecule has 0 saturated carbocycles. The average Bonchev–Trinajstić information content (AvgIpc) is 2.31. The van der Waals surface area contributed by atoms with Gasteiger partial charge in [0.2, 0.25) is 5.91 Å². The van der Waals surface area contributed by atoms with E-state index >= 15 is 0 Å². The number of hydrogen-bond acceptors (Lipinski definition) is 2. The van der Waals surface area contributed by atoms with Crippen molar-refractivity contribution in [3.63, 3.8) is 0 Å². The Bertz CT molecular complexity index is 196. The molecular formula is C10H19NO2. The van der Waals surface area contributed by atoms with Crippen LogP contribution in [-0.4, -0.2) is 34.6 Å². The molecule has 0 aromatic carbocycles. The predicted molar refractivity (Wildman–Crippen MR) is 51.3 cm³/mol. The van der Waals surface area contributed by atoms with Gasteiger partial charge in [0.1, 0.15) is 0 Å². The molecule has 0 aromatic heterocycles. The van der Waals surface area contributed by atoms with E-state index in [1.54, 1.807) is 13.8 Å². The fourth-order valence-electron chi connectivity index (χ4n) is 1.64. The third-order valence-corrected chi connectivity index (χ3v) is 2.36. The number of likely N-dealkylation sites (tertiary alicyclic amines) is 1. The first-order valence-electron chi connectivity index (χ1n) is 4.88. The summed E-state index contributed by atoms with van der Waals surface area (Å²) >= 11 is 0. The standard InChI is InChI=1S/C10H19NO2/c1-8-4-5-11(7-8)9(12)6-10(2,3)13/h8,13H,4-7H2,1-3H3. The molecule has 1 heterocycles. The van der Waals surface area contributed by atoms with Gasteiger partial charge in [-0.1, -0.05) is 6.92 Å². The lowest BCUT2D eigenvalue weighted by Crippen LogP contribution is -2.34. The van der Waals surface area contributed by atoms with Crippen molar-refractivity contribution in [2.45, 2.75) is 39.2 Å². The number of nitrogens with zero attached hydrogens (tertiary/aromatic N) is 1. The molecule has 1 saturated heterocycles. The van der Waals surface area contributed by atoms with Gasteiger partial charge in [0.05, 0.1) is 12.0 Å². The number of hydrogen-bond donors (Lipinski definition) is 1. The first kappa shape index (κ1) is 10.5. The molecule has 3 heteroatoms. The van der Waals surface area contributed by atoms with Crippen LogP contribution < -0.4 is 0 Å². The molecule has 1 rings (SSSR count). The molecule has 0 spiro atoms. The summed E-state index contributed by atoms with van der Waals surface area (Å²) in [5.74, 6) is 0.697. The van der Waals surface area contributed by atoms with E-state index in [1.807, 2.05) is 4.90 Å². The van der Waals surface area contributed by atoms with Gasteiger partial charge in [-0.25, -0.2) is 0 Å². The maximum Gasteiger partial charge on any atom is 0.225 e. The Morgan fingerprint density at radius 3 is 2.62 bits per heavy atom. The quantitative estimate of drug-likeness (QED) is 0.697. The SMILES string of the molecule is CC1CCN(C(=O)CC(C)(C)O)C1. The average molecular weight is 185 g/mol. The molecule has 1 N–H and O–H groups in total. The summed E-state index contributed by atoms with van der Waals surface area (Å²) in [5, 5.41) is 9.47. The fourth-order valence-corrected chi connectivity index (χ4v) is 1.64. The summed E-state index contributed by atoms with van der Waals surface area (Å²) in [5.41, 5.74) is -0.872. The van der Waals surface area contributed by atoms with Crippen molar-refractivity contribution >= 4 is 5.91 Å². The predicted octanol–water partition coefficient (Wildman–Crippen LogP) is 1.02. The van der Waals surface area contributed by atoms with Gasteiger partial charge < -0.3 is 10.0 Å². The minimum Gasteiger partial charge on any atom is -0.390 e. The highest BCUT2D eigenvalue weighted by molar-refractivity contribution is 5.77. The summed E-state index contributed by atoms with van der Waals surface area (Å²) in [4.78, 5) is 13.4. The third kappa shape index (κ3) is 3.35. The Balaban J connectivity index is 2.41. The van der Waals surface area contributed by atoms with Gasteiger partial charge in [-0.05, 0) is 26.2 Å². The first-order chi connectivity index (χ1) is 5.88. The fraction of sp³-hybridized carbons (Fsp3) is 0.900. The van der Waals surface area contributed by atoms with Crippen LogP contribution in [0.2, 0.25) is 0 Å². The molecule has 13 heavy (non-hydrogen) atoms. The van der Waals surface area contributed by atoms with E-state index in [2.05, 4.69) is 6.92 Å². The van der Waals surface area contributed by atoms with Gasteiger partial charge in [0.25, 0.3) is 0 Å². The maximum atomic E-state index is 11.6. The van der Waals surface area contributed by atoms with Crippen LogP contribution >= 0.6 is 0 Å². The molecule has 0 aliphatic carbocycles. The van der Waals surface area contributed by atoms with Crippen molar-refractivity contribution in [2.24, 2.45) is 5.92 Å². The van der Waals surface area contributed by atoms with Crippen molar-refractivity contribution in [1.29, 1.82) is 0 Å². The second-order valence-corrected chi connectivity index (χ2v) is 4.72. The minimum absolute atomic E-state index is 0.0804. The van der Waals surface area contributed by atoms with E-state index in [0.717, 1.165) is 19.5 Å². The normalized spacial score (nSPS) is 23.7. The van der Waals surface area contributed by atoms with Gasteiger partial charge in [-0.2, -0.15) is 0 Å². The minimum atomic E-state index is -0.872. The van der Waals surface area contributed by atoms with Crippen LogP contribution in [0.3, 0.4) is 0 Å². The Kier molecular flexibility index (Phi) is 2.96. The molecule has 0 bridgehead atoms. The lowest BCUT2D eigenvalue weighted by atomic mass is 10.1. The molecule has 1 fully saturated rings. The van der Waals surface area contributed by atoms with Crippen molar-refractivity contribution < 1.29 is 9.90 Å². The summed E-state index contributed by atoms with van der Waals surface area (Å²) in [6.07, 6.45) is 1.33. The summed E-state index contributed by atoms with van der Waals surface area (Å²) in [6.45, 7) is 7.21. The largest absolute Gasteiger partial charge is 0.390 e. The van der Waals surface area contributed by atoms with E-state index in [9.17, 15) is 9.90 Å². The number of amides is 1. The monoisotopic (exact) mass is 185 g/mol. The highest BCUT2D eigenvalue weighted by Gasteiger charge is 2.27. The molecular weight excluding hydrogens is 166 g/mol. The van der Waals surface area contributed by atoms with E-state index < -0.39 is 5.60 Å². The van der Waals surface area contributed by atoms with Gasteiger partial charge >= 0.3 is 0 Å². The molecule has 0 radical (unpaired) electrons. The van der Waals surface area contributed by atoms with Crippen LogP contribution in [0, 0.1) is 5.92 Å². The highest BCUT2D eigenvalue weighted by atomic mass is 16.3. The molecule has 1 amide bonds. The zero-order valence-corrected chi connectivity index (χ0v) is 8.71. The summed E-state index contributed by atoms with van der Waals surface area (Å²) < 4.78 is 0. The van der Waals surface area contributed by atoms with E-state index in [-0.39, 0.29) is 12.3 Å². The van der Waals surface area contributed by atoms with E-state index in [4.69, 9.17) is 0 Å². The van der Waals surface area contributed by atoms with Crippen molar-refractivity contribution in [2.75, 3.05) is 13.1 Å². The van der Waals surface area contributed by atoms with Gasteiger partial charge in [-0.3, -0.25) is 4.79 Å². The number of rotatable bonds is 2. The van der Waals surface area contributed by atoms with Gasteiger partial charge in [0, 0.05) is 13.1 Å².